The molecule has 0 radical (unpaired) electrons. The molecule has 0 unspecified atom stereocenters. The highest BCUT2D eigenvalue weighted by Crippen LogP contribution is 2.13. The molecule has 2 aromatic heterocycles. The quantitative estimate of drug-likeness (QED) is 0.751. The minimum absolute atomic E-state index is 0.146. The summed E-state index contributed by atoms with van der Waals surface area (Å²) < 4.78 is 1.31. The van der Waals surface area contributed by atoms with Gasteiger partial charge in [-0.05, 0) is 31.0 Å². The number of nitrogen functional groups attached to an aromatic ring is 1. The number of nitrogens with one attached hydrogen (secondary N) is 2. The van der Waals surface area contributed by atoms with Crippen LogP contribution in [0, 0.1) is 6.92 Å². The second-order valence-corrected chi connectivity index (χ2v) is 4.42. The number of rotatable bonds is 4. The Kier molecular flexibility index (Phi) is 3.88. The topological polar surface area (TPSA) is 106 Å². The third-order valence-electron chi connectivity index (χ3n) is 3.15. The lowest BCUT2D eigenvalue weighted by Crippen LogP contribution is -2.33. The van der Waals surface area contributed by atoms with Gasteiger partial charge in [-0.3, -0.25) is 19.3 Å². The predicted molar refractivity (Wildman–Crippen MR) is 77.7 cm³/mol. The fourth-order valence-corrected chi connectivity index (χ4v) is 1.96. The van der Waals surface area contributed by atoms with Crippen LogP contribution in [0.3, 0.4) is 0 Å². The van der Waals surface area contributed by atoms with Crippen LogP contribution in [0.5, 0.6) is 0 Å². The Balaban J connectivity index is 2.33. The highest BCUT2D eigenvalue weighted by Gasteiger charge is 2.11. The molecule has 0 spiro atoms. The summed E-state index contributed by atoms with van der Waals surface area (Å²) in [5, 5.41) is 2.98. The van der Waals surface area contributed by atoms with E-state index in [1.807, 2.05) is 13.0 Å². The highest BCUT2D eigenvalue weighted by atomic mass is 16.2. The third-order valence-corrected chi connectivity index (χ3v) is 3.15. The van der Waals surface area contributed by atoms with Gasteiger partial charge in [0.05, 0.1) is 0 Å². The van der Waals surface area contributed by atoms with Crippen molar-refractivity contribution in [2.75, 3.05) is 11.1 Å². The lowest BCUT2D eigenvalue weighted by molar-refractivity contribution is 0.706. The highest BCUT2D eigenvalue weighted by molar-refractivity contribution is 5.60. The minimum atomic E-state index is -0.510. The number of aromatic amines is 1. The molecular formula is C13H17N5O2. The number of pyridine rings is 1. The molecule has 0 bridgehead atoms. The van der Waals surface area contributed by atoms with Crippen LogP contribution in [-0.4, -0.2) is 14.5 Å². The van der Waals surface area contributed by atoms with Crippen molar-refractivity contribution in [3.63, 3.8) is 0 Å². The number of anilines is 2. The number of aryl methyl sites for hydroxylation is 1. The molecule has 2 aromatic rings. The summed E-state index contributed by atoms with van der Waals surface area (Å²) in [5.41, 5.74) is 7.09. The molecule has 4 N–H and O–H groups in total. The molecule has 2 rings (SSSR count). The molecule has 0 saturated heterocycles. The van der Waals surface area contributed by atoms with E-state index in [9.17, 15) is 9.59 Å². The van der Waals surface area contributed by atoms with Crippen molar-refractivity contribution < 1.29 is 0 Å². The second kappa shape index (κ2) is 5.60. The van der Waals surface area contributed by atoms with Crippen LogP contribution in [0.1, 0.15) is 18.1 Å². The van der Waals surface area contributed by atoms with E-state index < -0.39 is 11.2 Å². The largest absolute Gasteiger partial charge is 0.383 e. The number of hydrogen-bond acceptors (Lipinski definition) is 5. The Hall–Kier alpha value is -2.57. The SMILES string of the molecule is CCn1c(N)c(NCc2ccncc2C)c(=O)[nH]c1=O. The number of nitrogens with zero attached hydrogens (tertiary/aromatic N) is 2. The van der Waals surface area contributed by atoms with Gasteiger partial charge in [-0.1, -0.05) is 0 Å². The van der Waals surface area contributed by atoms with Crippen molar-refractivity contribution in [3.8, 4) is 0 Å². The van der Waals surface area contributed by atoms with Crippen molar-refractivity contribution in [1.82, 2.24) is 14.5 Å². The zero-order valence-corrected chi connectivity index (χ0v) is 11.4. The Labute approximate surface area is 115 Å². The molecule has 106 valence electrons. The Morgan fingerprint density at radius 1 is 1.45 bits per heavy atom. The minimum Gasteiger partial charge on any atom is -0.383 e. The van der Waals surface area contributed by atoms with Crippen LogP contribution in [0.4, 0.5) is 11.5 Å². The maximum atomic E-state index is 11.8. The van der Waals surface area contributed by atoms with Crippen molar-refractivity contribution in [2.45, 2.75) is 26.9 Å². The molecule has 7 nitrogen and oxygen atoms in total. The summed E-state index contributed by atoms with van der Waals surface area (Å²) in [6.07, 6.45) is 3.43. The first-order valence-electron chi connectivity index (χ1n) is 6.30. The number of hydrogen-bond donors (Lipinski definition) is 3. The summed E-state index contributed by atoms with van der Waals surface area (Å²) in [4.78, 5) is 29.6. The van der Waals surface area contributed by atoms with E-state index in [4.69, 9.17) is 5.73 Å². The Morgan fingerprint density at radius 2 is 2.20 bits per heavy atom. The van der Waals surface area contributed by atoms with Gasteiger partial charge < -0.3 is 11.1 Å². The zero-order chi connectivity index (χ0) is 14.7. The maximum absolute atomic E-state index is 11.8. The van der Waals surface area contributed by atoms with Gasteiger partial charge in [0.1, 0.15) is 11.5 Å². The molecule has 0 atom stereocenters. The van der Waals surface area contributed by atoms with Crippen LogP contribution in [-0.2, 0) is 13.1 Å². The normalized spacial score (nSPS) is 10.5. The van der Waals surface area contributed by atoms with Gasteiger partial charge in [0.15, 0.2) is 0 Å². The van der Waals surface area contributed by atoms with Crippen LogP contribution in [0.2, 0.25) is 0 Å². The second-order valence-electron chi connectivity index (χ2n) is 4.42. The molecule has 20 heavy (non-hydrogen) atoms. The van der Waals surface area contributed by atoms with Crippen LogP contribution in [0.25, 0.3) is 0 Å². The molecule has 0 aromatic carbocycles. The predicted octanol–water partition coefficient (Wildman–Crippen LogP) is 0.454. The maximum Gasteiger partial charge on any atom is 0.330 e. The van der Waals surface area contributed by atoms with E-state index in [-0.39, 0.29) is 11.5 Å². The smallest absolute Gasteiger partial charge is 0.330 e. The first-order valence-corrected chi connectivity index (χ1v) is 6.30. The van der Waals surface area contributed by atoms with Crippen molar-refractivity contribution in [1.29, 1.82) is 0 Å². The van der Waals surface area contributed by atoms with E-state index in [2.05, 4.69) is 15.3 Å². The Bertz CT molecular complexity index is 732. The van der Waals surface area contributed by atoms with Crippen LogP contribution >= 0.6 is 0 Å². The first-order chi connectivity index (χ1) is 9.54. The van der Waals surface area contributed by atoms with Crippen LogP contribution < -0.4 is 22.3 Å². The molecule has 0 amide bonds. The number of H-pyrrole nitrogens is 1. The van der Waals surface area contributed by atoms with Crippen LogP contribution in [0.15, 0.2) is 28.0 Å². The van der Waals surface area contributed by atoms with E-state index in [0.717, 1.165) is 11.1 Å². The summed E-state index contributed by atoms with van der Waals surface area (Å²) in [7, 11) is 0. The number of nitrogens with two attached hydrogens (primary N) is 1. The van der Waals surface area contributed by atoms with Gasteiger partial charge >= 0.3 is 5.69 Å². The standard InChI is InChI=1S/C13H17N5O2/c1-3-18-11(14)10(12(19)17-13(18)20)16-7-9-4-5-15-6-8(9)2/h4-6,16H,3,7,14H2,1-2H3,(H,17,19,20). The zero-order valence-electron chi connectivity index (χ0n) is 11.4. The molecule has 0 aliphatic heterocycles. The summed E-state index contributed by atoms with van der Waals surface area (Å²) in [5.74, 6) is 0.146. The van der Waals surface area contributed by atoms with Gasteiger partial charge in [-0.25, -0.2) is 4.79 Å². The lowest BCUT2D eigenvalue weighted by Gasteiger charge is -2.13. The monoisotopic (exact) mass is 275 g/mol. The third kappa shape index (κ3) is 2.56. The molecule has 0 fully saturated rings. The fourth-order valence-electron chi connectivity index (χ4n) is 1.96. The van der Waals surface area contributed by atoms with Gasteiger partial charge in [-0.2, -0.15) is 0 Å². The van der Waals surface area contributed by atoms with Gasteiger partial charge in [0, 0.05) is 25.5 Å². The van der Waals surface area contributed by atoms with Crippen molar-refractivity contribution in [3.05, 3.63) is 50.4 Å². The molecule has 2 heterocycles. The molecule has 7 heteroatoms. The van der Waals surface area contributed by atoms with E-state index in [1.54, 1.807) is 19.3 Å². The van der Waals surface area contributed by atoms with Gasteiger partial charge in [0.25, 0.3) is 5.56 Å². The van der Waals surface area contributed by atoms with E-state index in [0.29, 0.717) is 13.1 Å². The molecule has 0 aliphatic rings. The lowest BCUT2D eigenvalue weighted by atomic mass is 10.1. The molecule has 0 aliphatic carbocycles. The summed E-state index contributed by atoms with van der Waals surface area (Å²) >= 11 is 0. The van der Waals surface area contributed by atoms with Gasteiger partial charge in [-0.15, -0.1) is 0 Å². The Morgan fingerprint density at radius 3 is 2.85 bits per heavy atom. The molecule has 0 saturated carbocycles. The van der Waals surface area contributed by atoms with E-state index in [1.165, 1.54) is 4.57 Å². The fraction of sp³-hybridized carbons (Fsp3) is 0.308. The number of aromatic nitrogens is 3. The van der Waals surface area contributed by atoms with Gasteiger partial charge in [0.2, 0.25) is 0 Å². The summed E-state index contributed by atoms with van der Waals surface area (Å²) in [6, 6.07) is 1.86. The molecular weight excluding hydrogens is 258 g/mol. The average molecular weight is 275 g/mol. The van der Waals surface area contributed by atoms with E-state index >= 15 is 0 Å². The first kappa shape index (κ1) is 13.9. The van der Waals surface area contributed by atoms with Crippen molar-refractivity contribution >= 4 is 11.5 Å². The average Bonchev–Trinajstić information content (AvgIpc) is 2.40. The van der Waals surface area contributed by atoms with Crippen molar-refractivity contribution in [2.24, 2.45) is 0 Å². The summed E-state index contributed by atoms with van der Waals surface area (Å²) in [6.45, 7) is 4.55.